The Kier molecular flexibility index (Phi) is 4.52. The molecule has 0 fully saturated rings. The van der Waals surface area contributed by atoms with Crippen molar-refractivity contribution in [2.75, 3.05) is 10.7 Å². The highest BCUT2D eigenvalue weighted by atomic mass is 32.2. The molecule has 1 atom stereocenters. The van der Waals surface area contributed by atoms with Crippen molar-refractivity contribution in [2.24, 2.45) is 4.99 Å². The summed E-state index contributed by atoms with van der Waals surface area (Å²) in [6.07, 6.45) is 5.41. The second kappa shape index (κ2) is 7.33. The van der Waals surface area contributed by atoms with Crippen LogP contribution in [-0.2, 0) is 0 Å². The van der Waals surface area contributed by atoms with E-state index in [9.17, 15) is 0 Å². The fourth-order valence-electron chi connectivity index (χ4n) is 3.60. The van der Waals surface area contributed by atoms with Gasteiger partial charge in [-0.25, -0.2) is 15.0 Å². The first-order valence-electron chi connectivity index (χ1n) is 9.47. The molecule has 29 heavy (non-hydrogen) atoms. The molecule has 1 aliphatic rings. The lowest BCUT2D eigenvalue weighted by molar-refractivity contribution is 0.736. The topological polar surface area (TPSA) is 70.1 Å². The van der Waals surface area contributed by atoms with Gasteiger partial charge in [-0.1, -0.05) is 42.1 Å². The average molecular weight is 401 g/mol. The standard InChI is InChI=1S/C22H20N6S/c1-14-7-5-8-17-16(14)10-28(18-9-4-3-6-15(18)2)19(27-17)11-29-22-20-21(24-12-23-20)25-13-26-22/h3-10,12-13,19H,11H2,1-2H3,(H,23,24,25,26). The Morgan fingerprint density at radius 1 is 1.00 bits per heavy atom. The number of nitrogens with zero attached hydrogens (tertiary/aromatic N) is 5. The van der Waals surface area contributed by atoms with E-state index in [1.807, 2.05) is 0 Å². The maximum absolute atomic E-state index is 5.09. The number of anilines is 1. The number of imidazole rings is 1. The van der Waals surface area contributed by atoms with Crippen molar-refractivity contribution < 1.29 is 0 Å². The monoisotopic (exact) mass is 400 g/mol. The predicted molar refractivity (Wildman–Crippen MR) is 116 cm³/mol. The van der Waals surface area contributed by atoms with Crippen LogP contribution in [0, 0.1) is 13.8 Å². The van der Waals surface area contributed by atoms with E-state index < -0.39 is 0 Å². The minimum atomic E-state index is -0.0386. The molecule has 3 heterocycles. The number of hydrogen-bond acceptors (Lipinski definition) is 6. The van der Waals surface area contributed by atoms with Crippen molar-refractivity contribution in [3.8, 4) is 0 Å². The molecular weight excluding hydrogens is 380 g/mol. The Labute approximate surface area is 172 Å². The summed E-state index contributed by atoms with van der Waals surface area (Å²) in [6, 6.07) is 14.7. The minimum absolute atomic E-state index is 0.0386. The summed E-state index contributed by atoms with van der Waals surface area (Å²) < 4.78 is 0. The third-order valence-electron chi connectivity index (χ3n) is 5.13. The number of aromatic amines is 1. The summed E-state index contributed by atoms with van der Waals surface area (Å²) in [6.45, 7) is 4.27. The lowest BCUT2D eigenvalue weighted by atomic mass is 10.1. The molecule has 1 N–H and O–H groups in total. The zero-order valence-electron chi connectivity index (χ0n) is 16.2. The highest BCUT2D eigenvalue weighted by molar-refractivity contribution is 7.99. The second-order valence-corrected chi connectivity index (χ2v) is 8.04. The highest BCUT2D eigenvalue weighted by Gasteiger charge is 2.22. The Bertz CT molecular complexity index is 1310. The van der Waals surface area contributed by atoms with Crippen LogP contribution in [0.2, 0.25) is 0 Å². The number of aryl methyl sites for hydroxylation is 2. The van der Waals surface area contributed by atoms with Gasteiger partial charge < -0.3 is 9.88 Å². The maximum atomic E-state index is 5.09. The van der Waals surface area contributed by atoms with E-state index in [0.717, 1.165) is 21.7 Å². The van der Waals surface area contributed by atoms with Gasteiger partial charge in [0, 0.05) is 22.9 Å². The number of benzene rings is 2. The first-order valence-corrected chi connectivity index (χ1v) is 10.5. The normalized spacial score (nSPS) is 15.7. The van der Waals surface area contributed by atoms with Gasteiger partial charge in [-0.15, -0.1) is 0 Å². The van der Waals surface area contributed by atoms with Crippen molar-refractivity contribution in [1.82, 2.24) is 19.9 Å². The molecule has 2 aromatic carbocycles. The van der Waals surface area contributed by atoms with E-state index in [4.69, 9.17) is 4.99 Å². The molecule has 1 unspecified atom stereocenters. The van der Waals surface area contributed by atoms with Gasteiger partial charge in [0.1, 0.15) is 23.0 Å². The molecule has 5 rings (SSSR count). The molecule has 0 aliphatic carbocycles. The summed E-state index contributed by atoms with van der Waals surface area (Å²) in [5.74, 6) is 0.753. The molecule has 144 valence electrons. The SMILES string of the molecule is Cc1ccccc1N1C=c2c(C)cccc2=NC1CSc1ncnc2nc[nH]c12. The lowest BCUT2D eigenvalue weighted by Gasteiger charge is -2.31. The van der Waals surface area contributed by atoms with Crippen LogP contribution in [0.25, 0.3) is 17.4 Å². The van der Waals surface area contributed by atoms with Crippen LogP contribution < -0.4 is 15.5 Å². The number of hydrogen-bond donors (Lipinski definition) is 1. The zero-order chi connectivity index (χ0) is 19.8. The Balaban J connectivity index is 1.55. The number of nitrogens with one attached hydrogen (secondary N) is 1. The Morgan fingerprint density at radius 3 is 2.76 bits per heavy atom. The molecule has 4 aromatic rings. The maximum Gasteiger partial charge on any atom is 0.181 e. The van der Waals surface area contributed by atoms with Gasteiger partial charge >= 0.3 is 0 Å². The summed E-state index contributed by atoms with van der Waals surface area (Å²) >= 11 is 1.67. The molecule has 0 amide bonds. The zero-order valence-corrected chi connectivity index (χ0v) is 17.0. The van der Waals surface area contributed by atoms with E-state index >= 15 is 0 Å². The van der Waals surface area contributed by atoms with Gasteiger partial charge in [-0.2, -0.15) is 0 Å². The molecule has 0 saturated carbocycles. The van der Waals surface area contributed by atoms with Crippen LogP contribution in [-0.4, -0.2) is 31.9 Å². The van der Waals surface area contributed by atoms with Crippen molar-refractivity contribution in [3.63, 3.8) is 0 Å². The number of H-pyrrole nitrogens is 1. The molecule has 0 bridgehead atoms. The summed E-state index contributed by atoms with van der Waals surface area (Å²) in [5.41, 5.74) is 5.18. The van der Waals surface area contributed by atoms with Crippen LogP contribution in [0.15, 0.2) is 65.1 Å². The van der Waals surface area contributed by atoms with Crippen LogP contribution in [0.3, 0.4) is 0 Å². The van der Waals surface area contributed by atoms with Crippen molar-refractivity contribution in [2.45, 2.75) is 25.0 Å². The van der Waals surface area contributed by atoms with E-state index in [2.05, 4.69) is 87.3 Å². The summed E-state index contributed by atoms with van der Waals surface area (Å²) in [7, 11) is 0. The van der Waals surface area contributed by atoms with Gasteiger partial charge in [0.25, 0.3) is 0 Å². The molecule has 0 radical (unpaired) electrons. The quantitative estimate of drug-likeness (QED) is 0.421. The average Bonchev–Trinajstić information content (AvgIpc) is 3.22. The first-order chi connectivity index (χ1) is 14.2. The van der Waals surface area contributed by atoms with E-state index in [1.165, 1.54) is 22.0 Å². The number of thioether (sulfide) groups is 1. The molecule has 0 saturated heterocycles. The van der Waals surface area contributed by atoms with Crippen LogP contribution >= 0.6 is 11.8 Å². The van der Waals surface area contributed by atoms with Crippen molar-refractivity contribution in [1.29, 1.82) is 0 Å². The van der Waals surface area contributed by atoms with Crippen molar-refractivity contribution >= 4 is 34.8 Å². The molecule has 1 aliphatic heterocycles. The van der Waals surface area contributed by atoms with Gasteiger partial charge in [0.15, 0.2) is 5.65 Å². The van der Waals surface area contributed by atoms with E-state index in [1.54, 1.807) is 24.4 Å². The predicted octanol–water partition coefficient (Wildman–Crippen LogP) is 2.97. The van der Waals surface area contributed by atoms with Gasteiger partial charge in [-0.05, 0) is 37.1 Å². The Morgan fingerprint density at radius 2 is 1.86 bits per heavy atom. The van der Waals surface area contributed by atoms with Crippen LogP contribution in [0.1, 0.15) is 11.1 Å². The second-order valence-electron chi connectivity index (χ2n) is 7.03. The molecule has 6 nitrogen and oxygen atoms in total. The fourth-order valence-corrected chi connectivity index (χ4v) is 4.56. The van der Waals surface area contributed by atoms with Gasteiger partial charge in [0.2, 0.25) is 0 Å². The van der Waals surface area contributed by atoms with Crippen LogP contribution in [0.5, 0.6) is 0 Å². The summed E-state index contributed by atoms with van der Waals surface area (Å²) in [5, 5.41) is 3.10. The molecule has 7 heteroatoms. The van der Waals surface area contributed by atoms with Gasteiger partial charge in [0.05, 0.1) is 11.7 Å². The smallest absolute Gasteiger partial charge is 0.181 e. The largest absolute Gasteiger partial charge is 0.341 e. The molecule has 0 spiro atoms. The first kappa shape index (κ1) is 17.9. The number of fused-ring (bicyclic) bond motifs is 2. The molecular formula is C22H20N6S. The lowest BCUT2D eigenvalue weighted by Crippen LogP contribution is -2.44. The number of rotatable bonds is 4. The highest BCUT2D eigenvalue weighted by Crippen LogP contribution is 2.28. The van der Waals surface area contributed by atoms with Gasteiger partial charge in [-0.3, -0.25) is 4.99 Å². The summed E-state index contributed by atoms with van der Waals surface area (Å²) in [4.78, 5) is 23.4. The minimum Gasteiger partial charge on any atom is -0.341 e. The number of para-hydroxylation sites is 1. The fraction of sp³-hybridized carbons (Fsp3) is 0.182. The van der Waals surface area contributed by atoms with Crippen LogP contribution in [0.4, 0.5) is 5.69 Å². The molecule has 2 aromatic heterocycles. The third kappa shape index (κ3) is 3.27. The van der Waals surface area contributed by atoms with E-state index in [-0.39, 0.29) is 6.17 Å². The third-order valence-corrected chi connectivity index (χ3v) is 6.18. The Hall–Kier alpha value is -3.19. The number of aromatic nitrogens is 4. The van der Waals surface area contributed by atoms with Crippen molar-refractivity contribution in [3.05, 3.63) is 76.8 Å². The van der Waals surface area contributed by atoms with E-state index in [0.29, 0.717) is 5.65 Å².